The van der Waals surface area contributed by atoms with E-state index >= 15 is 0 Å². The molecule has 0 aliphatic heterocycles. The van der Waals surface area contributed by atoms with Crippen LogP contribution in [0, 0.1) is 0 Å². The maximum absolute atomic E-state index is 12.5. The van der Waals surface area contributed by atoms with E-state index in [1.54, 1.807) is 0 Å². The fourth-order valence-electron chi connectivity index (χ4n) is 0.883. The van der Waals surface area contributed by atoms with Gasteiger partial charge in [0.05, 0.1) is 13.2 Å². The van der Waals surface area contributed by atoms with E-state index in [1.165, 1.54) is 0 Å². The van der Waals surface area contributed by atoms with E-state index in [-0.39, 0.29) is 0 Å². The molecule has 0 saturated carbocycles. The van der Waals surface area contributed by atoms with Gasteiger partial charge in [0.1, 0.15) is 0 Å². The quantitative estimate of drug-likeness (QED) is 0.765. The van der Waals surface area contributed by atoms with Crippen molar-refractivity contribution < 1.29 is 40.6 Å². The predicted molar refractivity (Wildman–Crippen MR) is 40.7 cm³/mol. The number of aliphatic hydroxyl groups is 1. The van der Waals surface area contributed by atoms with Crippen LogP contribution >= 0.6 is 0 Å². The Morgan fingerprint density at radius 3 is 1.94 bits per heavy atom. The molecule has 0 radical (unpaired) electrons. The van der Waals surface area contributed by atoms with E-state index in [9.17, 15) is 35.5 Å². The van der Waals surface area contributed by atoms with Gasteiger partial charge in [0.2, 0.25) is 0 Å². The number of aliphatic hydroxyl groups excluding tert-OH is 1. The van der Waals surface area contributed by atoms with Crippen LogP contribution in [-0.4, -0.2) is 54.1 Å². The Balaban J connectivity index is 4.95. The monoisotopic (exact) mass is 271 g/mol. The summed E-state index contributed by atoms with van der Waals surface area (Å²) in [5.74, 6) is -8.56. The second kappa shape index (κ2) is 5.52. The molecule has 17 heavy (non-hydrogen) atoms. The molecule has 3 nitrogen and oxygen atoms in total. The first kappa shape index (κ1) is 15.9. The third kappa shape index (κ3) is 4.02. The average molecular weight is 271 g/mol. The zero-order chi connectivity index (χ0) is 13.9. The van der Waals surface area contributed by atoms with Gasteiger partial charge < -0.3 is 10.0 Å². The van der Waals surface area contributed by atoms with Crippen molar-refractivity contribution in [1.82, 2.24) is 4.90 Å². The molecule has 0 rings (SSSR count). The molecular weight excluding hydrogens is 263 g/mol. The Morgan fingerprint density at radius 2 is 1.65 bits per heavy atom. The summed E-state index contributed by atoms with van der Waals surface area (Å²) in [4.78, 5) is 10.3. The number of hydrogen-bond acceptors (Lipinski definition) is 2. The Kier molecular flexibility index (Phi) is 5.17. The van der Waals surface area contributed by atoms with Crippen molar-refractivity contribution in [2.24, 2.45) is 0 Å². The molecule has 0 saturated heterocycles. The SMILES string of the molecule is O=C(N(CCO)CC(F)F)C(F)(F)C(F)(F)F. The van der Waals surface area contributed by atoms with E-state index in [1.807, 2.05) is 0 Å². The van der Waals surface area contributed by atoms with Crippen molar-refractivity contribution in [3.05, 3.63) is 0 Å². The van der Waals surface area contributed by atoms with Gasteiger partial charge in [0.25, 0.3) is 6.43 Å². The van der Waals surface area contributed by atoms with Crippen LogP contribution in [0.3, 0.4) is 0 Å². The van der Waals surface area contributed by atoms with Gasteiger partial charge in [-0.1, -0.05) is 0 Å². The lowest BCUT2D eigenvalue weighted by Gasteiger charge is -2.27. The first-order chi connectivity index (χ1) is 7.54. The summed E-state index contributed by atoms with van der Waals surface area (Å²) in [7, 11) is 0. The fourth-order valence-corrected chi connectivity index (χ4v) is 0.883. The second-order valence-corrected chi connectivity index (χ2v) is 2.94. The highest BCUT2D eigenvalue weighted by molar-refractivity contribution is 5.84. The Bertz CT molecular complexity index is 265. The maximum Gasteiger partial charge on any atom is 0.463 e. The molecule has 0 spiro atoms. The van der Waals surface area contributed by atoms with Gasteiger partial charge in [-0.2, -0.15) is 22.0 Å². The van der Waals surface area contributed by atoms with Crippen molar-refractivity contribution in [1.29, 1.82) is 0 Å². The largest absolute Gasteiger partial charge is 0.463 e. The number of alkyl halides is 7. The topological polar surface area (TPSA) is 40.5 Å². The first-order valence-corrected chi connectivity index (χ1v) is 4.17. The van der Waals surface area contributed by atoms with Crippen molar-refractivity contribution in [2.75, 3.05) is 19.7 Å². The molecule has 10 heteroatoms. The molecule has 0 heterocycles. The molecule has 0 aliphatic rings. The lowest BCUT2D eigenvalue weighted by atomic mass is 10.2. The van der Waals surface area contributed by atoms with Gasteiger partial charge in [0, 0.05) is 6.54 Å². The number of nitrogens with zero attached hydrogens (tertiary/aromatic N) is 1. The molecule has 102 valence electrons. The van der Waals surface area contributed by atoms with Crippen molar-refractivity contribution in [3.8, 4) is 0 Å². The molecule has 0 aromatic carbocycles. The van der Waals surface area contributed by atoms with Crippen molar-refractivity contribution in [2.45, 2.75) is 18.5 Å². The number of amides is 1. The van der Waals surface area contributed by atoms with E-state index in [0.717, 1.165) is 0 Å². The molecule has 0 aromatic rings. The lowest BCUT2D eigenvalue weighted by molar-refractivity contribution is -0.275. The van der Waals surface area contributed by atoms with Crippen LogP contribution in [0.15, 0.2) is 0 Å². The Hall–Kier alpha value is -1.06. The Morgan fingerprint density at radius 1 is 1.18 bits per heavy atom. The summed E-state index contributed by atoms with van der Waals surface area (Å²) in [5, 5.41) is 8.30. The Labute approximate surface area is 90.8 Å². The third-order valence-electron chi connectivity index (χ3n) is 1.64. The van der Waals surface area contributed by atoms with Gasteiger partial charge in [0.15, 0.2) is 0 Å². The van der Waals surface area contributed by atoms with E-state index in [2.05, 4.69) is 0 Å². The molecule has 0 aromatic heterocycles. The molecule has 0 aliphatic carbocycles. The van der Waals surface area contributed by atoms with Gasteiger partial charge >= 0.3 is 18.0 Å². The summed E-state index contributed by atoms with van der Waals surface area (Å²) in [5.41, 5.74) is 0. The van der Waals surface area contributed by atoms with Crippen LogP contribution in [0.4, 0.5) is 30.7 Å². The van der Waals surface area contributed by atoms with Crippen LogP contribution in [0.2, 0.25) is 0 Å². The fraction of sp³-hybridized carbons (Fsp3) is 0.857. The normalized spacial score (nSPS) is 13.0. The zero-order valence-electron chi connectivity index (χ0n) is 8.15. The summed E-state index contributed by atoms with van der Waals surface area (Å²) >= 11 is 0. The number of carbonyl (C=O) groups excluding carboxylic acids is 1. The molecular formula is C7H8F7NO2. The highest BCUT2D eigenvalue weighted by Gasteiger charge is 2.64. The van der Waals surface area contributed by atoms with Gasteiger partial charge in [-0.05, 0) is 0 Å². The number of carbonyl (C=O) groups is 1. The zero-order valence-corrected chi connectivity index (χ0v) is 8.15. The van der Waals surface area contributed by atoms with Crippen LogP contribution in [-0.2, 0) is 4.79 Å². The van der Waals surface area contributed by atoms with Gasteiger partial charge in [-0.15, -0.1) is 0 Å². The van der Waals surface area contributed by atoms with E-state index in [4.69, 9.17) is 5.11 Å². The summed E-state index contributed by atoms with van der Waals surface area (Å²) in [6, 6.07) is 0. The predicted octanol–water partition coefficient (Wildman–Crippen LogP) is 1.27. The van der Waals surface area contributed by atoms with Crippen molar-refractivity contribution >= 4 is 5.91 Å². The molecule has 1 amide bonds. The number of halogens is 7. The standard InChI is InChI=1S/C7H8F7NO2/c8-4(9)3-15(1-2-16)5(17)6(10,11)7(12,13)14/h4,16H,1-3H2. The lowest BCUT2D eigenvalue weighted by Crippen LogP contribution is -2.53. The van der Waals surface area contributed by atoms with Gasteiger partial charge in [-0.25, -0.2) is 8.78 Å². The highest BCUT2D eigenvalue weighted by Crippen LogP contribution is 2.36. The minimum absolute atomic E-state index is 0.432. The summed E-state index contributed by atoms with van der Waals surface area (Å²) in [6.45, 7) is -3.65. The minimum Gasteiger partial charge on any atom is -0.395 e. The van der Waals surface area contributed by atoms with E-state index in [0.29, 0.717) is 0 Å². The number of rotatable bonds is 5. The summed E-state index contributed by atoms with van der Waals surface area (Å²) < 4.78 is 84.0. The van der Waals surface area contributed by atoms with Crippen molar-refractivity contribution in [3.63, 3.8) is 0 Å². The van der Waals surface area contributed by atoms with E-state index < -0.39 is 49.0 Å². The van der Waals surface area contributed by atoms with Crippen LogP contribution in [0.25, 0.3) is 0 Å². The smallest absolute Gasteiger partial charge is 0.395 e. The average Bonchev–Trinajstić information content (AvgIpc) is 2.13. The molecule has 0 fully saturated rings. The molecule has 1 N–H and O–H groups in total. The molecule has 0 unspecified atom stereocenters. The maximum atomic E-state index is 12.5. The third-order valence-corrected chi connectivity index (χ3v) is 1.64. The summed E-state index contributed by atoms with van der Waals surface area (Å²) in [6.07, 6.45) is -9.45. The first-order valence-electron chi connectivity index (χ1n) is 4.17. The van der Waals surface area contributed by atoms with Crippen LogP contribution < -0.4 is 0 Å². The number of hydrogen-bond donors (Lipinski definition) is 1. The minimum atomic E-state index is -6.17. The van der Waals surface area contributed by atoms with Crippen LogP contribution in [0.1, 0.15) is 0 Å². The van der Waals surface area contributed by atoms with Gasteiger partial charge in [-0.3, -0.25) is 4.79 Å². The second-order valence-electron chi connectivity index (χ2n) is 2.94. The molecule has 0 bridgehead atoms. The van der Waals surface area contributed by atoms with Crippen LogP contribution in [0.5, 0.6) is 0 Å². The molecule has 0 atom stereocenters. The highest BCUT2D eigenvalue weighted by atomic mass is 19.4.